The Kier molecular flexibility index (Phi) is 4.09. The van der Waals surface area contributed by atoms with Crippen LogP contribution in [0.1, 0.15) is 25.0 Å². The van der Waals surface area contributed by atoms with Crippen LogP contribution in [0.4, 0.5) is 0 Å². The van der Waals surface area contributed by atoms with Gasteiger partial charge in [0.05, 0.1) is 17.9 Å². The Labute approximate surface area is 124 Å². The van der Waals surface area contributed by atoms with E-state index in [1.54, 1.807) is 0 Å². The maximum absolute atomic E-state index is 10.8. The van der Waals surface area contributed by atoms with Gasteiger partial charge < -0.3 is 5.11 Å². The lowest BCUT2D eigenvalue weighted by Crippen LogP contribution is -2.13. The van der Waals surface area contributed by atoms with E-state index < -0.39 is 11.4 Å². The van der Waals surface area contributed by atoms with Crippen LogP contribution in [0.25, 0.3) is 11.1 Å². The van der Waals surface area contributed by atoms with Crippen LogP contribution in [0.15, 0.2) is 48.5 Å². The van der Waals surface area contributed by atoms with Crippen LogP contribution in [0.5, 0.6) is 0 Å². The molecule has 0 aliphatic carbocycles. The predicted molar refractivity (Wildman–Crippen MR) is 81.9 cm³/mol. The van der Waals surface area contributed by atoms with Gasteiger partial charge in [0.15, 0.2) is 0 Å². The molecule has 1 N–H and O–H groups in total. The number of benzene rings is 2. The lowest BCUT2D eigenvalue weighted by Gasteiger charge is -2.16. The smallest absolute Gasteiger partial charge is 0.307 e. The predicted octanol–water partition coefficient (Wildman–Crippen LogP) is 3.78. The third kappa shape index (κ3) is 3.49. The Bertz CT molecular complexity index is 694. The highest BCUT2D eigenvalue weighted by molar-refractivity contribution is 5.72. The number of nitrogens with zero attached hydrogens (tertiary/aromatic N) is 1. The van der Waals surface area contributed by atoms with Gasteiger partial charge in [-0.1, -0.05) is 48.5 Å². The molecular weight excluding hydrogens is 262 g/mol. The normalized spacial score (nSPS) is 10.9. The van der Waals surface area contributed by atoms with Crippen LogP contribution in [0, 0.1) is 11.3 Å². The van der Waals surface area contributed by atoms with Crippen LogP contribution in [-0.4, -0.2) is 11.1 Å². The van der Waals surface area contributed by atoms with Crippen LogP contribution in [0.2, 0.25) is 0 Å². The fourth-order valence-corrected chi connectivity index (χ4v) is 2.18. The van der Waals surface area contributed by atoms with Gasteiger partial charge in [0.1, 0.15) is 0 Å². The van der Waals surface area contributed by atoms with E-state index in [0.717, 1.165) is 22.3 Å². The fourth-order valence-electron chi connectivity index (χ4n) is 2.18. The second kappa shape index (κ2) is 5.80. The zero-order valence-electron chi connectivity index (χ0n) is 12.1. The maximum atomic E-state index is 10.8. The first-order chi connectivity index (χ1) is 9.92. The molecule has 3 heteroatoms. The summed E-state index contributed by atoms with van der Waals surface area (Å²) in [5.41, 5.74) is 3.23. The summed E-state index contributed by atoms with van der Waals surface area (Å²) in [6.45, 7) is 3.77. The van der Waals surface area contributed by atoms with Gasteiger partial charge in [0, 0.05) is 0 Å². The van der Waals surface area contributed by atoms with E-state index in [4.69, 9.17) is 10.4 Å². The zero-order chi connectivity index (χ0) is 15.5. The average molecular weight is 279 g/mol. The standard InChI is InChI=1S/C18H17NO2/c1-18(2,12-19)16-8-6-14(7-9-16)15-5-3-4-13(10-15)11-17(20)21/h3-10H,11H2,1-2H3,(H,20,21). The molecule has 0 saturated carbocycles. The highest BCUT2D eigenvalue weighted by atomic mass is 16.4. The van der Waals surface area contributed by atoms with Gasteiger partial charge in [0.25, 0.3) is 0 Å². The van der Waals surface area contributed by atoms with Crippen molar-refractivity contribution in [3.05, 3.63) is 59.7 Å². The molecule has 0 atom stereocenters. The first kappa shape index (κ1) is 14.8. The van der Waals surface area contributed by atoms with E-state index in [0.29, 0.717) is 0 Å². The molecule has 0 amide bonds. The molecule has 2 aromatic rings. The van der Waals surface area contributed by atoms with Crippen LogP contribution in [-0.2, 0) is 16.6 Å². The largest absolute Gasteiger partial charge is 0.481 e. The molecule has 0 unspecified atom stereocenters. The zero-order valence-corrected chi connectivity index (χ0v) is 12.1. The number of carboxylic acid groups (broad SMARTS) is 1. The molecule has 3 nitrogen and oxygen atoms in total. The number of aliphatic carboxylic acids is 1. The molecule has 2 rings (SSSR count). The molecule has 0 heterocycles. The monoisotopic (exact) mass is 279 g/mol. The van der Waals surface area contributed by atoms with Gasteiger partial charge in [0.2, 0.25) is 0 Å². The molecule has 2 aromatic carbocycles. The van der Waals surface area contributed by atoms with Gasteiger partial charge in [-0.15, -0.1) is 0 Å². The molecule has 0 spiro atoms. The summed E-state index contributed by atoms with van der Waals surface area (Å²) in [5, 5.41) is 18.0. The lowest BCUT2D eigenvalue weighted by atomic mass is 9.85. The number of hydrogen-bond acceptors (Lipinski definition) is 2. The summed E-state index contributed by atoms with van der Waals surface area (Å²) in [4.78, 5) is 10.8. The van der Waals surface area contributed by atoms with Crippen molar-refractivity contribution in [2.75, 3.05) is 0 Å². The highest BCUT2D eigenvalue weighted by Crippen LogP contribution is 2.26. The van der Waals surface area contributed by atoms with Gasteiger partial charge in [-0.2, -0.15) is 5.26 Å². The summed E-state index contributed by atoms with van der Waals surface area (Å²) in [6, 6.07) is 17.6. The number of carboxylic acids is 1. The van der Waals surface area contributed by atoms with Crippen molar-refractivity contribution in [2.24, 2.45) is 0 Å². The summed E-state index contributed by atoms with van der Waals surface area (Å²) in [5.74, 6) is -0.835. The fraction of sp³-hybridized carbons (Fsp3) is 0.222. The molecule has 106 valence electrons. The summed E-state index contributed by atoms with van der Waals surface area (Å²) < 4.78 is 0. The van der Waals surface area contributed by atoms with E-state index >= 15 is 0 Å². The number of carbonyl (C=O) groups is 1. The van der Waals surface area contributed by atoms with Gasteiger partial charge in [-0.25, -0.2) is 0 Å². The van der Waals surface area contributed by atoms with E-state index in [9.17, 15) is 4.79 Å². The minimum atomic E-state index is -0.835. The number of hydrogen-bond donors (Lipinski definition) is 1. The average Bonchev–Trinajstić information content (AvgIpc) is 2.47. The molecule has 0 aliphatic heterocycles. The van der Waals surface area contributed by atoms with Crippen molar-refractivity contribution in [3.63, 3.8) is 0 Å². The van der Waals surface area contributed by atoms with E-state index in [-0.39, 0.29) is 6.42 Å². The first-order valence-electron chi connectivity index (χ1n) is 6.75. The second-order valence-electron chi connectivity index (χ2n) is 5.59. The Morgan fingerprint density at radius 1 is 1.14 bits per heavy atom. The molecule has 0 saturated heterocycles. The first-order valence-corrected chi connectivity index (χ1v) is 6.75. The Balaban J connectivity index is 2.31. The van der Waals surface area contributed by atoms with Crippen molar-refractivity contribution in [3.8, 4) is 17.2 Å². The molecule has 0 aliphatic rings. The number of nitriles is 1. The summed E-state index contributed by atoms with van der Waals surface area (Å²) >= 11 is 0. The SMILES string of the molecule is CC(C)(C#N)c1ccc(-c2cccc(CC(=O)O)c2)cc1. The molecule has 21 heavy (non-hydrogen) atoms. The second-order valence-corrected chi connectivity index (χ2v) is 5.59. The highest BCUT2D eigenvalue weighted by Gasteiger charge is 2.19. The van der Waals surface area contributed by atoms with Gasteiger partial charge in [-0.3, -0.25) is 4.79 Å². The van der Waals surface area contributed by atoms with Crippen molar-refractivity contribution < 1.29 is 9.90 Å². The summed E-state index contributed by atoms with van der Waals surface area (Å²) in [6.07, 6.45) is 0.0212. The number of rotatable bonds is 4. The Morgan fingerprint density at radius 2 is 1.81 bits per heavy atom. The van der Waals surface area contributed by atoms with Crippen LogP contribution < -0.4 is 0 Å². The molecule has 0 bridgehead atoms. The van der Waals surface area contributed by atoms with E-state index in [1.165, 1.54) is 0 Å². The molecule has 0 aromatic heterocycles. The van der Waals surface area contributed by atoms with Crippen molar-refractivity contribution in [2.45, 2.75) is 25.7 Å². The lowest BCUT2D eigenvalue weighted by molar-refractivity contribution is -0.136. The topological polar surface area (TPSA) is 61.1 Å². The minimum Gasteiger partial charge on any atom is -0.481 e. The van der Waals surface area contributed by atoms with Crippen LogP contribution in [0.3, 0.4) is 0 Å². The van der Waals surface area contributed by atoms with Crippen molar-refractivity contribution >= 4 is 5.97 Å². The van der Waals surface area contributed by atoms with E-state index in [1.807, 2.05) is 62.4 Å². The molecule has 0 fully saturated rings. The minimum absolute atomic E-state index is 0.0212. The maximum Gasteiger partial charge on any atom is 0.307 e. The molecular formula is C18H17NO2. The quantitative estimate of drug-likeness (QED) is 0.926. The van der Waals surface area contributed by atoms with E-state index in [2.05, 4.69) is 6.07 Å². The van der Waals surface area contributed by atoms with Gasteiger partial charge >= 0.3 is 5.97 Å². The van der Waals surface area contributed by atoms with Crippen LogP contribution >= 0.6 is 0 Å². The summed E-state index contributed by atoms with van der Waals surface area (Å²) in [7, 11) is 0. The van der Waals surface area contributed by atoms with Gasteiger partial charge in [-0.05, 0) is 36.1 Å². The van der Waals surface area contributed by atoms with Crippen molar-refractivity contribution in [1.82, 2.24) is 0 Å². The Hall–Kier alpha value is -2.60. The third-order valence-electron chi connectivity index (χ3n) is 3.50. The Morgan fingerprint density at radius 3 is 2.38 bits per heavy atom. The van der Waals surface area contributed by atoms with Crippen molar-refractivity contribution in [1.29, 1.82) is 5.26 Å². The third-order valence-corrected chi connectivity index (χ3v) is 3.50. The molecule has 0 radical (unpaired) electrons.